The van der Waals surface area contributed by atoms with Crippen LogP contribution in [0.1, 0.15) is 0 Å². The van der Waals surface area contributed by atoms with Crippen LogP contribution in [-0.2, 0) is 9.59 Å². The third kappa shape index (κ3) is 1.70. The summed E-state index contributed by atoms with van der Waals surface area (Å²) >= 11 is 6.19. The highest BCUT2D eigenvalue weighted by molar-refractivity contribution is 8.13. The summed E-state index contributed by atoms with van der Waals surface area (Å²) in [5.41, 5.74) is 0. The Morgan fingerprint density at radius 1 is 0.562 bits per heavy atom. The number of carbonyl (C=O) groups excluding carboxylic acids is 2. The zero-order valence-corrected chi connectivity index (χ0v) is 11.5. The summed E-state index contributed by atoms with van der Waals surface area (Å²) in [7, 11) is 0. The number of thioether (sulfide) groups is 4. The average Bonchev–Trinajstić information content (AvgIpc) is 2.36. The molecule has 16 heavy (non-hydrogen) atoms. The van der Waals surface area contributed by atoms with Crippen molar-refractivity contribution in [2.45, 2.75) is 0 Å². The molecule has 0 aromatic rings. The minimum Gasteiger partial charge on any atom is -0.287 e. The summed E-state index contributed by atoms with van der Waals surface area (Å²) in [4.78, 5) is 27.2. The summed E-state index contributed by atoms with van der Waals surface area (Å²) in [6.45, 7) is 0. The molecule has 3 rings (SSSR count). The third-order valence-electron chi connectivity index (χ3n) is 2.39. The van der Waals surface area contributed by atoms with E-state index in [2.05, 4.69) is 0 Å². The fraction of sp³-hybridized carbons (Fsp3) is 0.400. The van der Waals surface area contributed by atoms with Gasteiger partial charge in [-0.05, 0) is 0 Å². The van der Waals surface area contributed by atoms with E-state index in [9.17, 15) is 9.59 Å². The van der Waals surface area contributed by atoms with Crippen LogP contribution >= 0.6 is 47.0 Å². The first kappa shape index (κ1) is 11.3. The predicted octanol–water partition coefficient (Wildman–Crippen LogP) is 2.52. The lowest BCUT2D eigenvalue weighted by Gasteiger charge is -2.27. The third-order valence-corrected chi connectivity index (χ3v) is 7.51. The van der Waals surface area contributed by atoms with Crippen molar-refractivity contribution in [1.82, 2.24) is 0 Å². The van der Waals surface area contributed by atoms with Gasteiger partial charge in [0, 0.05) is 23.0 Å². The van der Waals surface area contributed by atoms with Gasteiger partial charge in [-0.3, -0.25) is 9.59 Å². The molecule has 0 amide bonds. The summed E-state index contributed by atoms with van der Waals surface area (Å²) in [5.74, 6) is 3.93. The first-order valence-electron chi connectivity index (χ1n) is 4.88. The van der Waals surface area contributed by atoms with E-state index >= 15 is 0 Å². The lowest BCUT2D eigenvalue weighted by Crippen LogP contribution is -2.24. The molecule has 0 radical (unpaired) electrons. The SMILES string of the molecule is O=C1C2=C(SCCS2)C(=O)C2=C1SCCS2. The molecule has 3 aliphatic rings. The zero-order chi connectivity index (χ0) is 11.1. The monoisotopic (exact) mass is 288 g/mol. The quantitative estimate of drug-likeness (QED) is 0.637. The lowest BCUT2D eigenvalue weighted by atomic mass is 10.1. The molecule has 0 aromatic carbocycles. The Morgan fingerprint density at radius 3 is 1.06 bits per heavy atom. The molecule has 2 aliphatic heterocycles. The molecule has 0 aromatic heterocycles. The number of ketones is 2. The van der Waals surface area contributed by atoms with E-state index in [1.54, 1.807) is 47.0 Å². The first-order chi connectivity index (χ1) is 7.79. The molecule has 0 unspecified atom stereocenters. The Hall–Kier alpha value is 0.220. The van der Waals surface area contributed by atoms with Gasteiger partial charge < -0.3 is 0 Å². The van der Waals surface area contributed by atoms with Crippen molar-refractivity contribution in [2.24, 2.45) is 0 Å². The van der Waals surface area contributed by atoms with E-state index in [4.69, 9.17) is 0 Å². The molecule has 0 saturated heterocycles. The van der Waals surface area contributed by atoms with Gasteiger partial charge in [0.25, 0.3) is 0 Å². The van der Waals surface area contributed by atoms with E-state index in [0.29, 0.717) is 19.6 Å². The fourth-order valence-electron chi connectivity index (χ4n) is 1.72. The van der Waals surface area contributed by atoms with Crippen LogP contribution in [0, 0.1) is 0 Å². The van der Waals surface area contributed by atoms with E-state index in [-0.39, 0.29) is 11.6 Å². The maximum absolute atomic E-state index is 12.2. The number of hydrogen-bond donors (Lipinski definition) is 0. The van der Waals surface area contributed by atoms with Crippen molar-refractivity contribution >= 4 is 58.6 Å². The maximum Gasteiger partial charge on any atom is 0.208 e. The highest BCUT2D eigenvalue weighted by Crippen LogP contribution is 2.48. The molecule has 0 spiro atoms. The number of rotatable bonds is 0. The van der Waals surface area contributed by atoms with E-state index in [0.717, 1.165) is 23.0 Å². The fourth-order valence-corrected chi connectivity index (χ4v) is 6.53. The van der Waals surface area contributed by atoms with Crippen molar-refractivity contribution in [2.75, 3.05) is 23.0 Å². The second-order valence-electron chi connectivity index (χ2n) is 3.37. The van der Waals surface area contributed by atoms with Crippen LogP contribution in [0.5, 0.6) is 0 Å². The largest absolute Gasteiger partial charge is 0.287 e. The van der Waals surface area contributed by atoms with Crippen LogP contribution in [0.2, 0.25) is 0 Å². The number of Topliss-reactive ketones (excluding diaryl/α,β-unsaturated/α-hetero) is 2. The van der Waals surface area contributed by atoms with Crippen molar-refractivity contribution in [3.8, 4) is 0 Å². The van der Waals surface area contributed by atoms with Crippen LogP contribution < -0.4 is 0 Å². The van der Waals surface area contributed by atoms with E-state index < -0.39 is 0 Å². The summed E-state index contributed by atoms with van der Waals surface area (Å²) in [6.07, 6.45) is 0. The minimum atomic E-state index is 0.0963. The number of hydrogen-bond acceptors (Lipinski definition) is 6. The molecule has 0 bridgehead atoms. The van der Waals surface area contributed by atoms with Gasteiger partial charge in [-0.2, -0.15) is 0 Å². The highest BCUT2D eigenvalue weighted by atomic mass is 32.2. The predicted molar refractivity (Wildman–Crippen MR) is 73.9 cm³/mol. The molecule has 0 N–H and O–H groups in total. The van der Waals surface area contributed by atoms with Crippen molar-refractivity contribution in [3.63, 3.8) is 0 Å². The summed E-state index contributed by atoms with van der Waals surface area (Å²) < 4.78 is 0. The molecule has 6 heteroatoms. The second-order valence-corrected chi connectivity index (χ2v) is 7.79. The number of allylic oxidation sites excluding steroid dienone is 4. The molecule has 0 atom stereocenters. The van der Waals surface area contributed by atoms with Gasteiger partial charge in [0.05, 0.1) is 19.6 Å². The molecule has 0 fully saturated rings. The molecule has 2 nitrogen and oxygen atoms in total. The Morgan fingerprint density at radius 2 is 0.812 bits per heavy atom. The van der Waals surface area contributed by atoms with Crippen molar-refractivity contribution in [3.05, 3.63) is 19.6 Å². The molecule has 0 saturated carbocycles. The molecular weight excluding hydrogens is 280 g/mol. The van der Waals surface area contributed by atoms with Gasteiger partial charge >= 0.3 is 0 Å². The van der Waals surface area contributed by atoms with Crippen LogP contribution in [0.3, 0.4) is 0 Å². The van der Waals surface area contributed by atoms with Gasteiger partial charge in [-0.1, -0.05) is 0 Å². The van der Waals surface area contributed by atoms with Gasteiger partial charge in [0.2, 0.25) is 11.6 Å². The highest BCUT2D eigenvalue weighted by Gasteiger charge is 2.38. The smallest absolute Gasteiger partial charge is 0.208 e. The van der Waals surface area contributed by atoms with E-state index in [1.807, 2.05) is 0 Å². The second kappa shape index (κ2) is 4.48. The van der Waals surface area contributed by atoms with E-state index in [1.165, 1.54) is 0 Å². The van der Waals surface area contributed by atoms with Gasteiger partial charge in [-0.15, -0.1) is 47.0 Å². The summed E-state index contributed by atoms with van der Waals surface area (Å²) in [6, 6.07) is 0. The molecule has 84 valence electrons. The Kier molecular flexibility index (Phi) is 3.17. The normalized spacial score (nSPS) is 25.8. The van der Waals surface area contributed by atoms with Crippen LogP contribution in [0.15, 0.2) is 19.6 Å². The van der Waals surface area contributed by atoms with Crippen molar-refractivity contribution < 1.29 is 9.59 Å². The average molecular weight is 288 g/mol. The van der Waals surface area contributed by atoms with Crippen LogP contribution in [0.25, 0.3) is 0 Å². The van der Waals surface area contributed by atoms with Gasteiger partial charge in [-0.25, -0.2) is 0 Å². The number of carbonyl (C=O) groups is 2. The Bertz CT molecular complexity index is 372. The molecule has 2 heterocycles. The summed E-state index contributed by atoms with van der Waals surface area (Å²) in [5, 5.41) is 0. The van der Waals surface area contributed by atoms with Gasteiger partial charge in [0.1, 0.15) is 0 Å². The van der Waals surface area contributed by atoms with Crippen LogP contribution in [0.4, 0.5) is 0 Å². The zero-order valence-electron chi connectivity index (χ0n) is 8.28. The lowest BCUT2D eigenvalue weighted by molar-refractivity contribution is -0.114. The Balaban J connectivity index is 2.08. The van der Waals surface area contributed by atoms with Gasteiger partial charge in [0.15, 0.2) is 0 Å². The first-order valence-corrected chi connectivity index (χ1v) is 8.82. The molecule has 1 aliphatic carbocycles. The molecular formula is C10H8O2S4. The maximum atomic E-state index is 12.2. The standard InChI is InChI=1S/C10H8O2S4/c11-5-7-8(14-2-1-13-7)6(12)10-9(5)15-3-4-16-10/h1-4H2. The van der Waals surface area contributed by atoms with Crippen LogP contribution in [-0.4, -0.2) is 34.6 Å². The topological polar surface area (TPSA) is 34.1 Å². The minimum absolute atomic E-state index is 0.0963. The van der Waals surface area contributed by atoms with Crippen molar-refractivity contribution in [1.29, 1.82) is 0 Å². The Labute approximate surface area is 110 Å².